The Morgan fingerprint density at radius 3 is 2.79 bits per heavy atom. The fraction of sp³-hybridized carbons (Fsp3) is 0.846. The van der Waals surface area contributed by atoms with Crippen molar-refractivity contribution in [3.8, 4) is 0 Å². The number of carboxylic acid groups (broad SMARTS) is 1. The Labute approximate surface area is 114 Å². The summed E-state index contributed by atoms with van der Waals surface area (Å²) >= 11 is 0. The van der Waals surface area contributed by atoms with Gasteiger partial charge < -0.3 is 20.1 Å². The molecule has 1 aliphatic rings. The summed E-state index contributed by atoms with van der Waals surface area (Å²) in [6.07, 6.45) is 3.62. The Balaban J connectivity index is 2.42. The second kappa shape index (κ2) is 7.99. The van der Waals surface area contributed by atoms with E-state index in [1.54, 1.807) is 0 Å². The lowest BCUT2D eigenvalue weighted by atomic mass is 10.0. The van der Waals surface area contributed by atoms with Gasteiger partial charge in [-0.3, -0.25) is 4.79 Å². The first-order valence-electron chi connectivity index (χ1n) is 6.87. The van der Waals surface area contributed by atoms with Gasteiger partial charge in [-0.1, -0.05) is 6.92 Å². The molecule has 0 saturated carbocycles. The summed E-state index contributed by atoms with van der Waals surface area (Å²) in [5.74, 6) is -0.925. The number of likely N-dealkylation sites (tertiary alicyclic amines) is 1. The van der Waals surface area contributed by atoms with Crippen LogP contribution in [-0.4, -0.2) is 54.4 Å². The Hall–Kier alpha value is -1.30. The van der Waals surface area contributed by atoms with Crippen molar-refractivity contribution in [1.82, 2.24) is 10.2 Å². The number of nitrogens with zero attached hydrogens (tertiary/aromatic N) is 1. The highest BCUT2D eigenvalue weighted by Crippen LogP contribution is 2.19. The zero-order valence-electron chi connectivity index (χ0n) is 11.7. The molecule has 0 aliphatic carbocycles. The Kier molecular flexibility index (Phi) is 6.62. The maximum Gasteiger partial charge on any atom is 0.317 e. The second-order valence-electron chi connectivity index (χ2n) is 4.89. The average Bonchev–Trinajstić information content (AvgIpc) is 2.42. The minimum Gasteiger partial charge on any atom is -0.481 e. The highest BCUT2D eigenvalue weighted by molar-refractivity contribution is 5.75. The quantitative estimate of drug-likeness (QED) is 0.767. The Bertz CT molecular complexity index is 309. The number of amides is 2. The van der Waals surface area contributed by atoms with Crippen LogP contribution in [0, 0.1) is 0 Å². The first kappa shape index (κ1) is 15.8. The third kappa shape index (κ3) is 5.06. The number of hydrogen-bond acceptors (Lipinski definition) is 3. The Morgan fingerprint density at radius 2 is 2.21 bits per heavy atom. The van der Waals surface area contributed by atoms with Crippen molar-refractivity contribution in [1.29, 1.82) is 0 Å². The van der Waals surface area contributed by atoms with Gasteiger partial charge in [0.2, 0.25) is 0 Å². The van der Waals surface area contributed by atoms with Crippen LogP contribution < -0.4 is 5.32 Å². The molecule has 1 heterocycles. The molecule has 1 rings (SSSR count). The van der Waals surface area contributed by atoms with Crippen molar-refractivity contribution in [3.05, 3.63) is 0 Å². The number of hydrogen-bond donors (Lipinski definition) is 2. The van der Waals surface area contributed by atoms with Crippen molar-refractivity contribution in [2.75, 3.05) is 20.2 Å². The van der Waals surface area contributed by atoms with Gasteiger partial charge in [0.15, 0.2) is 0 Å². The first-order chi connectivity index (χ1) is 9.08. The lowest BCUT2D eigenvalue weighted by molar-refractivity contribution is -0.139. The van der Waals surface area contributed by atoms with E-state index in [0.717, 1.165) is 25.8 Å². The maximum absolute atomic E-state index is 12.1. The number of methoxy groups -OCH3 is 1. The minimum atomic E-state index is -0.925. The standard InChI is InChI=1S/C13H24N2O4/c1-3-10-6-4-5-7-15(10)13(18)14-9-11(19-2)8-12(16)17/h10-11H,3-9H2,1-2H3,(H,14,18)(H,16,17). The molecule has 2 amide bonds. The van der Waals surface area contributed by atoms with Crippen molar-refractivity contribution >= 4 is 12.0 Å². The molecular weight excluding hydrogens is 248 g/mol. The smallest absolute Gasteiger partial charge is 0.317 e. The molecule has 2 N–H and O–H groups in total. The van der Waals surface area contributed by atoms with Gasteiger partial charge in [-0.05, 0) is 25.7 Å². The van der Waals surface area contributed by atoms with E-state index in [1.807, 2.05) is 4.90 Å². The number of piperidine rings is 1. The summed E-state index contributed by atoms with van der Waals surface area (Å²) < 4.78 is 5.04. The Morgan fingerprint density at radius 1 is 1.47 bits per heavy atom. The van der Waals surface area contributed by atoms with Gasteiger partial charge in [0.05, 0.1) is 12.5 Å². The molecule has 0 radical (unpaired) electrons. The zero-order chi connectivity index (χ0) is 14.3. The van der Waals surface area contributed by atoms with Crippen LogP contribution >= 0.6 is 0 Å². The van der Waals surface area contributed by atoms with Gasteiger partial charge in [-0.15, -0.1) is 0 Å². The van der Waals surface area contributed by atoms with Gasteiger partial charge in [0, 0.05) is 26.2 Å². The molecule has 110 valence electrons. The van der Waals surface area contributed by atoms with Crippen LogP contribution in [-0.2, 0) is 9.53 Å². The van der Waals surface area contributed by atoms with E-state index >= 15 is 0 Å². The molecule has 6 heteroatoms. The van der Waals surface area contributed by atoms with Crippen molar-refractivity contribution in [2.45, 2.75) is 51.2 Å². The third-order valence-corrected chi connectivity index (χ3v) is 3.58. The molecule has 2 atom stereocenters. The van der Waals surface area contributed by atoms with Crippen molar-refractivity contribution in [3.63, 3.8) is 0 Å². The number of urea groups is 1. The monoisotopic (exact) mass is 272 g/mol. The number of carboxylic acids is 1. The van der Waals surface area contributed by atoms with E-state index < -0.39 is 12.1 Å². The third-order valence-electron chi connectivity index (χ3n) is 3.58. The van der Waals surface area contributed by atoms with Crippen molar-refractivity contribution < 1.29 is 19.4 Å². The zero-order valence-corrected chi connectivity index (χ0v) is 11.7. The molecule has 1 aliphatic heterocycles. The van der Waals surface area contributed by atoms with E-state index in [4.69, 9.17) is 9.84 Å². The minimum absolute atomic E-state index is 0.103. The summed E-state index contributed by atoms with van der Waals surface area (Å²) in [5.41, 5.74) is 0. The van der Waals surface area contributed by atoms with Gasteiger partial charge in [0.1, 0.15) is 0 Å². The summed E-state index contributed by atoms with van der Waals surface area (Å²) in [7, 11) is 1.45. The van der Waals surface area contributed by atoms with E-state index in [0.29, 0.717) is 6.04 Å². The van der Waals surface area contributed by atoms with Gasteiger partial charge >= 0.3 is 12.0 Å². The van der Waals surface area contributed by atoms with Crippen LogP contribution in [0.3, 0.4) is 0 Å². The lowest BCUT2D eigenvalue weighted by Crippen LogP contribution is -2.50. The molecule has 6 nitrogen and oxygen atoms in total. The largest absolute Gasteiger partial charge is 0.481 e. The predicted octanol–water partition coefficient (Wildman–Crippen LogP) is 1.45. The molecule has 1 saturated heterocycles. The van der Waals surface area contributed by atoms with E-state index in [2.05, 4.69) is 12.2 Å². The van der Waals surface area contributed by atoms with Crippen LogP contribution in [0.4, 0.5) is 4.79 Å². The fourth-order valence-electron chi connectivity index (χ4n) is 2.43. The predicted molar refractivity (Wildman–Crippen MR) is 71.1 cm³/mol. The van der Waals surface area contributed by atoms with Crippen LogP contribution in [0.5, 0.6) is 0 Å². The molecule has 0 aromatic rings. The number of aliphatic carboxylic acids is 1. The molecule has 19 heavy (non-hydrogen) atoms. The van der Waals surface area contributed by atoms with Gasteiger partial charge in [0.25, 0.3) is 0 Å². The molecule has 1 fully saturated rings. The second-order valence-corrected chi connectivity index (χ2v) is 4.89. The number of rotatable bonds is 6. The van der Waals surface area contributed by atoms with Crippen LogP contribution in [0.2, 0.25) is 0 Å². The summed E-state index contributed by atoms with van der Waals surface area (Å²) in [6.45, 7) is 3.09. The first-order valence-corrected chi connectivity index (χ1v) is 6.87. The SMILES string of the molecule is CCC1CCCCN1C(=O)NCC(CC(=O)O)OC. The number of ether oxygens (including phenoxy) is 1. The highest BCUT2D eigenvalue weighted by Gasteiger charge is 2.25. The normalized spacial score (nSPS) is 20.9. The van der Waals surface area contributed by atoms with Crippen LogP contribution in [0.25, 0.3) is 0 Å². The highest BCUT2D eigenvalue weighted by atomic mass is 16.5. The molecule has 0 spiro atoms. The van der Waals surface area contributed by atoms with Crippen LogP contribution in [0.15, 0.2) is 0 Å². The summed E-state index contributed by atoms with van der Waals surface area (Å²) in [4.78, 5) is 24.6. The van der Waals surface area contributed by atoms with E-state index in [1.165, 1.54) is 13.5 Å². The van der Waals surface area contributed by atoms with Crippen LogP contribution in [0.1, 0.15) is 39.0 Å². The molecular formula is C13H24N2O4. The number of carbonyl (C=O) groups is 2. The average molecular weight is 272 g/mol. The summed E-state index contributed by atoms with van der Waals surface area (Å²) in [6, 6.07) is 0.188. The lowest BCUT2D eigenvalue weighted by Gasteiger charge is -2.35. The summed E-state index contributed by atoms with van der Waals surface area (Å²) in [5, 5.41) is 11.5. The molecule has 0 bridgehead atoms. The maximum atomic E-state index is 12.1. The fourth-order valence-corrected chi connectivity index (χ4v) is 2.43. The number of nitrogens with one attached hydrogen (secondary N) is 1. The van der Waals surface area contributed by atoms with E-state index in [9.17, 15) is 9.59 Å². The topological polar surface area (TPSA) is 78.9 Å². The van der Waals surface area contributed by atoms with E-state index in [-0.39, 0.29) is 19.0 Å². The van der Waals surface area contributed by atoms with Crippen molar-refractivity contribution in [2.24, 2.45) is 0 Å². The molecule has 2 unspecified atom stereocenters. The number of carbonyl (C=O) groups excluding carboxylic acids is 1. The molecule has 0 aromatic carbocycles. The molecule has 0 aromatic heterocycles. The van der Waals surface area contributed by atoms with Gasteiger partial charge in [-0.2, -0.15) is 0 Å². The van der Waals surface area contributed by atoms with Gasteiger partial charge in [-0.25, -0.2) is 4.79 Å².